The molecule has 1 aliphatic carbocycles. The summed E-state index contributed by atoms with van der Waals surface area (Å²) >= 11 is 2.02. The summed E-state index contributed by atoms with van der Waals surface area (Å²) in [5, 5.41) is 3.84. The van der Waals surface area contributed by atoms with Gasteiger partial charge in [-0.2, -0.15) is 0 Å². The summed E-state index contributed by atoms with van der Waals surface area (Å²) in [6, 6.07) is 5.27. The fourth-order valence-corrected chi connectivity index (χ4v) is 4.68. The molecule has 1 unspecified atom stereocenters. The maximum Gasteiger partial charge on any atom is 0.0469 e. The van der Waals surface area contributed by atoms with Crippen molar-refractivity contribution >= 4 is 11.3 Å². The number of thiophene rings is 1. The van der Waals surface area contributed by atoms with Crippen LogP contribution in [-0.2, 0) is 5.41 Å². The van der Waals surface area contributed by atoms with Crippen molar-refractivity contribution in [1.29, 1.82) is 0 Å². The molecule has 0 bridgehead atoms. The molecule has 1 aromatic rings. The van der Waals surface area contributed by atoms with Crippen LogP contribution in [0.15, 0.2) is 12.1 Å². The Morgan fingerprint density at radius 2 is 1.90 bits per heavy atom. The molecule has 0 aliphatic heterocycles. The van der Waals surface area contributed by atoms with E-state index in [2.05, 4.69) is 52.1 Å². The second-order valence-corrected chi connectivity index (χ2v) is 8.82. The Morgan fingerprint density at radius 1 is 1.25 bits per heavy atom. The van der Waals surface area contributed by atoms with Crippen LogP contribution < -0.4 is 5.32 Å². The second-order valence-electron chi connectivity index (χ2n) is 7.70. The van der Waals surface area contributed by atoms with E-state index in [0.29, 0.717) is 11.5 Å². The number of hydrogen-bond acceptors (Lipinski definition) is 2. The summed E-state index contributed by atoms with van der Waals surface area (Å²) in [5.41, 5.74) is 0.726. The molecule has 1 fully saturated rings. The van der Waals surface area contributed by atoms with E-state index in [-0.39, 0.29) is 5.41 Å². The van der Waals surface area contributed by atoms with Crippen LogP contribution >= 0.6 is 11.3 Å². The van der Waals surface area contributed by atoms with Crippen molar-refractivity contribution in [3.63, 3.8) is 0 Å². The van der Waals surface area contributed by atoms with Crippen LogP contribution in [0, 0.1) is 5.41 Å². The van der Waals surface area contributed by atoms with Gasteiger partial charge in [0.05, 0.1) is 0 Å². The van der Waals surface area contributed by atoms with Crippen molar-refractivity contribution in [2.24, 2.45) is 5.41 Å². The smallest absolute Gasteiger partial charge is 0.0469 e. The lowest BCUT2D eigenvalue weighted by Gasteiger charge is -2.34. The lowest BCUT2D eigenvalue weighted by Crippen LogP contribution is -2.34. The molecule has 2 heteroatoms. The van der Waals surface area contributed by atoms with E-state index in [4.69, 9.17) is 0 Å². The Hall–Kier alpha value is -0.340. The summed E-state index contributed by atoms with van der Waals surface area (Å²) in [6.07, 6.45) is 6.76. The Bertz CT molecular complexity index is 421. The molecule has 0 spiro atoms. The van der Waals surface area contributed by atoms with Gasteiger partial charge in [0, 0.05) is 15.8 Å². The van der Waals surface area contributed by atoms with Gasteiger partial charge >= 0.3 is 0 Å². The fourth-order valence-electron chi connectivity index (χ4n) is 3.36. The maximum atomic E-state index is 3.84. The molecule has 114 valence electrons. The quantitative estimate of drug-likeness (QED) is 0.738. The first kappa shape index (κ1) is 16.0. The van der Waals surface area contributed by atoms with Gasteiger partial charge in [0.2, 0.25) is 0 Å². The SMILES string of the molecule is CCCNC(c1ccc(C(C)(C)C)s1)C1(C)CCCC1. The minimum Gasteiger partial charge on any atom is -0.309 e. The van der Waals surface area contributed by atoms with Crippen LogP contribution in [0.1, 0.15) is 82.5 Å². The Balaban J connectivity index is 2.24. The van der Waals surface area contributed by atoms with Crippen molar-refractivity contribution in [3.8, 4) is 0 Å². The Labute approximate surface area is 129 Å². The van der Waals surface area contributed by atoms with Crippen molar-refractivity contribution in [1.82, 2.24) is 5.32 Å². The van der Waals surface area contributed by atoms with Gasteiger partial charge in [-0.3, -0.25) is 0 Å². The molecular weight excluding hydrogens is 262 g/mol. The predicted octanol–water partition coefficient (Wildman–Crippen LogP) is 5.67. The van der Waals surface area contributed by atoms with Crippen LogP contribution in [0.5, 0.6) is 0 Å². The van der Waals surface area contributed by atoms with Crippen molar-refractivity contribution in [2.45, 2.75) is 78.2 Å². The predicted molar refractivity (Wildman–Crippen MR) is 90.6 cm³/mol. The lowest BCUT2D eigenvalue weighted by molar-refractivity contribution is 0.227. The van der Waals surface area contributed by atoms with Crippen molar-refractivity contribution in [3.05, 3.63) is 21.9 Å². The molecule has 1 N–H and O–H groups in total. The molecule has 2 rings (SSSR count). The zero-order valence-electron chi connectivity index (χ0n) is 13.9. The average molecular weight is 294 g/mol. The molecule has 1 aliphatic rings. The second kappa shape index (κ2) is 6.19. The van der Waals surface area contributed by atoms with E-state index in [1.807, 2.05) is 11.3 Å². The van der Waals surface area contributed by atoms with E-state index in [9.17, 15) is 0 Å². The highest BCUT2D eigenvalue weighted by Gasteiger charge is 2.38. The first-order valence-corrected chi connectivity index (χ1v) is 9.02. The topological polar surface area (TPSA) is 12.0 Å². The first-order valence-electron chi connectivity index (χ1n) is 8.20. The minimum absolute atomic E-state index is 0.273. The van der Waals surface area contributed by atoms with Gasteiger partial charge in [-0.05, 0) is 48.8 Å². The van der Waals surface area contributed by atoms with Crippen LogP contribution in [0.3, 0.4) is 0 Å². The standard InChI is InChI=1S/C18H31NS/c1-6-13-19-16(18(5)11-7-8-12-18)14-9-10-15(20-14)17(2,3)4/h9-10,16,19H,6-8,11-13H2,1-5H3. The zero-order chi connectivity index (χ0) is 14.8. The molecule has 0 radical (unpaired) electrons. The molecule has 0 saturated heterocycles. The molecule has 1 nitrogen and oxygen atoms in total. The third-order valence-corrected chi connectivity index (χ3v) is 6.27. The average Bonchev–Trinajstić information content (AvgIpc) is 2.99. The highest BCUT2D eigenvalue weighted by molar-refractivity contribution is 7.12. The number of rotatable bonds is 5. The monoisotopic (exact) mass is 293 g/mol. The highest BCUT2D eigenvalue weighted by atomic mass is 32.1. The van der Waals surface area contributed by atoms with E-state index in [1.165, 1.54) is 37.0 Å². The van der Waals surface area contributed by atoms with Crippen LogP contribution in [0.25, 0.3) is 0 Å². The zero-order valence-corrected chi connectivity index (χ0v) is 14.7. The summed E-state index contributed by atoms with van der Waals surface area (Å²) in [5.74, 6) is 0. The number of hydrogen-bond donors (Lipinski definition) is 1. The Kier molecular flexibility index (Phi) is 4.96. The van der Waals surface area contributed by atoms with Gasteiger partial charge in [-0.25, -0.2) is 0 Å². The third-order valence-electron chi connectivity index (χ3n) is 4.69. The summed E-state index contributed by atoms with van der Waals surface area (Å²) < 4.78 is 0. The lowest BCUT2D eigenvalue weighted by atomic mass is 9.79. The van der Waals surface area contributed by atoms with Gasteiger partial charge in [-0.1, -0.05) is 47.5 Å². The van der Waals surface area contributed by atoms with Crippen LogP contribution in [-0.4, -0.2) is 6.54 Å². The minimum atomic E-state index is 0.273. The Morgan fingerprint density at radius 3 is 2.40 bits per heavy atom. The van der Waals surface area contributed by atoms with E-state index >= 15 is 0 Å². The maximum absolute atomic E-state index is 3.84. The van der Waals surface area contributed by atoms with E-state index in [1.54, 1.807) is 4.88 Å². The van der Waals surface area contributed by atoms with E-state index < -0.39 is 0 Å². The largest absolute Gasteiger partial charge is 0.309 e. The normalized spacial score (nSPS) is 20.2. The summed E-state index contributed by atoms with van der Waals surface area (Å²) in [7, 11) is 0. The van der Waals surface area contributed by atoms with Crippen molar-refractivity contribution in [2.75, 3.05) is 6.54 Å². The highest BCUT2D eigenvalue weighted by Crippen LogP contribution is 2.49. The summed E-state index contributed by atoms with van der Waals surface area (Å²) in [4.78, 5) is 3.06. The molecule has 0 amide bonds. The molecule has 1 saturated carbocycles. The van der Waals surface area contributed by atoms with Crippen molar-refractivity contribution < 1.29 is 0 Å². The van der Waals surface area contributed by atoms with Crippen LogP contribution in [0.4, 0.5) is 0 Å². The summed E-state index contributed by atoms with van der Waals surface area (Å²) in [6.45, 7) is 12.8. The molecular formula is C18H31NS. The first-order chi connectivity index (χ1) is 9.37. The van der Waals surface area contributed by atoms with Gasteiger partial charge in [-0.15, -0.1) is 11.3 Å². The fraction of sp³-hybridized carbons (Fsp3) is 0.778. The third kappa shape index (κ3) is 3.46. The number of nitrogens with one attached hydrogen (secondary N) is 1. The molecule has 1 atom stereocenters. The van der Waals surface area contributed by atoms with Gasteiger partial charge in [0.1, 0.15) is 0 Å². The molecule has 20 heavy (non-hydrogen) atoms. The molecule has 0 aromatic carbocycles. The van der Waals surface area contributed by atoms with E-state index in [0.717, 1.165) is 6.54 Å². The van der Waals surface area contributed by atoms with Gasteiger partial charge in [0.25, 0.3) is 0 Å². The molecule has 1 heterocycles. The molecule has 1 aromatic heterocycles. The van der Waals surface area contributed by atoms with Gasteiger partial charge < -0.3 is 5.32 Å². The van der Waals surface area contributed by atoms with Gasteiger partial charge in [0.15, 0.2) is 0 Å². The van der Waals surface area contributed by atoms with Crippen LogP contribution in [0.2, 0.25) is 0 Å².